The predicted molar refractivity (Wildman–Crippen MR) is 145 cm³/mol. The first-order valence-electron chi connectivity index (χ1n) is 12.8. The standard InChI is InChI=1S/C25H29ClN5O8P/c26-18-8-4-5-16(11-18)12-36-40(34,37-13-19-21(39-25(33)38-19)17-6-2-1-3-7-17)15-35-10-9-31-14-28-20-22(31)29-24(27)30-23(20)32/h4-5,8,11,14,17H,1-3,6-7,9-10,12-13,15H2,(H3,27,29,30,32). The average Bonchev–Trinajstić information content (AvgIpc) is 3.52. The van der Waals surface area contributed by atoms with Gasteiger partial charge in [-0.05, 0) is 30.5 Å². The molecule has 0 amide bonds. The zero-order chi connectivity index (χ0) is 28.1. The lowest BCUT2D eigenvalue weighted by molar-refractivity contribution is 0.113. The van der Waals surface area contributed by atoms with Crippen LogP contribution in [0.25, 0.3) is 11.2 Å². The van der Waals surface area contributed by atoms with Gasteiger partial charge in [0.25, 0.3) is 5.56 Å². The second-order valence-electron chi connectivity index (χ2n) is 9.46. The van der Waals surface area contributed by atoms with Crippen molar-refractivity contribution in [1.29, 1.82) is 0 Å². The van der Waals surface area contributed by atoms with E-state index in [1.165, 1.54) is 6.33 Å². The monoisotopic (exact) mass is 593 g/mol. The fourth-order valence-corrected chi connectivity index (χ4v) is 6.09. The molecule has 40 heavy (non-hydrogen) atoms. The van der Waals surface area contributed by atoms with E-state index >= 15 is 0 Å². The van der Waals surface area contributed by atoms with Crippen LogP contribution in [0.1, 0.15) is 55.1 Å². The molecule has 1 saturated carbocycles. The molecule has 1 aromatic carbocycles. The first-order valence-corrected chi connectivity index (χ1v) is 14.9. The summed E-state index contributed by atoms with van der Waals surface area (Å²) < 4.78 is 43.1. The van der Waals surface area contributed by atoms with Gasteiger partial charge >= 0.3 is 13.4 Å². The summed E-state index contributed by atoms with van der Waals surface area (Å²) in [6.07, 6.45) is 5.97. The van der Waals surface area contributed by atoms with Crippen molar-refractivity contribution < 1.29 is 27.2 Å². The summed E-state index contributed by atoms with van der Waals surface area (Å²) in [5.41, 5.74) is 6.32. The van der Waals surface area contributed by atoms with Crippen molar-refractivity contribution in [2.45, 2.75) is 57.8 Å². The van der Waals surface area contributed by atoms with Crippen molar-refractivity contribution in [3.8, 4) is 0 Å². The number of benzene rings is 1. The van der Waals surface area contributed by atoms with Crippen molar-refractivity contribution >= 4 is 36.3 Å². The van der Waals surface area contributed by atoms with Crippen LogP contribution in [0, 0.1) is 0 Å². The summed E-state index contributed by atoms with van der Waals surface area (Å²) in [5, 5.41) is 0.506. The highest BCUT2D eigenvalue weighted by Gasteiger charge is 2.30. The quantitative estimate of drug-likeness (QED) is 0.174. The number of hydrogen-bond acceptors (Lipinski definition) is 11. The number of anilines is 1. The Morgan fingerprint density at radius 3 is 2.75 bits per heavy atom. The zero-order valence-electron chi connectivity index (χ0n) is 21.5. The lowest BCUT2D eigenvalue weighted by Gasteiger charge is -2.21. The Kier molecular flexibility index (Phi) is 8.87. The molecule has 0 bridgehead atoms. The van der Waals surface area contributed by atoms with Crippen molar-refractivity contribution in [2.24, 2.45) is 0 Å². The summed E-state index contributed by atoms with van der Waals surface area (Å²) in [7, 11) is -3.87. The minimum absolute atomic E-state index is 0.0361. The lowest BCUT2D eigenvalue weighted by Crippen LogP contribution is -2.13. The summed E-state index contributed by atoms with van der Waals surface area (Å²) in [6, 6.07) is 6.93. The van der Waals surface area contributed by atoms with Gasteiger partial charge in [0, 0.05) is 17.5 Å². The molecule has 1 aliphatic carbocycles. The largest absolute Gasteiger partial charge is 0.519 e. The van der Waals surface area contributed by atoms with Gasteiger partial charge in [-0.3, -0.25) is 18.9 Å². The summed E-state index contributed by atoms with van der Waals surface area (Å²) >= 11 is 6.07. The Morgan fingerprint density at radius 2 is 1.95 bits per heavy atom. The van der Waals surface area contributed by atoms with Crippen LogP contribution in [0.4, 0.5) is 5.95 Å². The van der Waals surface area contributed by atoms with Crippen LogP contribution in [0.3, 0.4) is 0 Å². The first-order chi connectivity index (χ1) is 19.3. The third-order valence-corrected chi connectivity index (χ3v) is 8.36. The molecule has 3 heterocycles. The van der Waals surface area contributed by atoms with Gasteiger partial charge in [-0.15, -0.1) is 0 Å². The van der Waals surface area contributed by atoms with E-state index in [1.807, 2.05) is 0 Å². The number of nitrogens with one attached hydrogen (secondary N) is 1. The van der Waals surface area contributed by atoms with Crippen LogP contribution in [0.15, 0.2) is 49.0 Å². The van der Waals surface area contributed by atoms with Gasteiger partial charge in [-0.1, -0.05) is 43.0 Å². The number of H-pyrrole nitrogens is 1. The molecule has 214 valence electrons. The fraction of sp³-hybridized carbons (Fsp3) is 0.440. The van der Waals surface area contributed by atoms with Gasteiger partial charge in [0.15, 0.2) is 22.7 Å². The number of aromatic amines is 1. The van der Waals surface area contributed by atoms with E-state index in [2.05, 4.69) is 15.0 Å². The molecule has 5 rings (SSSR count). The van der Waals surface area contributed by atoms with Gasteiger partial charge in [0.05, 0.1) is 19.5 Å². The number of rotatable bonds is 12. The van der Waals surface area contributed by atoms with Crippen LogP contribution in [0.2, 0.25) is 5.02 Å². The molecule has 1 fully saturated rings. The fourth-order valence-electron chi connectivity index (χ4n) is 4.64. The topological polar surface area (TPSA) is 178 Å². The summed E-state index contributed by atoms with van der Waals surface area (Å²) in [5.74, 6) is -0.193. The van der Waals surface area contributed by atoms with E-state index in [4.69, 9.17) is 40.0 Å². The van der Waals surface area contributed by atoms with Crippen molar-refractivity contribution in [3.05, 3.63) is 73.7 Å². The zero-order valence-corrected chi connectivity index (χ0v) is 23.2. The van der Waals surface area contributed by atoms with Crippen molar-refractivity contribution in [2.75, 3.05) is 18.7 Å². The van der Waals surface area contributed by atoms with Gasteiger partial charge in [0.1, 0.15) is 13.0 Å². The molecule has 0 saturated heterocycles. The highest BCUT2D eigenvalue weighted by Crippen LogP contribution is 2.50. The predicted octanol–water partition coefficient (Wildman–Crippen LogP) is 4.55. The number of halogens is 1. The molecule has 1 atom stereocenters. The number of imidazole rings is 1. The number of nitrogen functional groups attached to an aromatic ring is 1. The molecule has 3 aromatic heterocycles. The number of nitrogens with zero attached hydrogens (tertiary/aromatic N) is 3. The Labute approximate surface area is 233 Å². The van der Waals surface area contributed by atoms with Gasteiger partial charge in [0.2, 0.25) is 5.95 Å². The van der Waals surface area contributed by atoms with E-state index in [9.17, 15) is 14.2 Å². The SMILES string of the molecule is Nc1nc2c(ncn2CCOCP(=O)(OCc2cccc(Cl)c2)OCc2oc(=O)oc2C2CCCCC2)c(=O)[nH]1. The van der Waals surface area contributed by atoms with Crippen LogP contribution in [-0.4, -0.2) is 32.5 Å². The molecule has 4 aromatic rings. The van der Waals surface area contributed by atoms with Gasteiger partial charge in [-0.25, -0.2) is 9.78 Å². The Balaban J connectivity index is 1.26. The lowest BCUT2D eigenvalue weighted by atomic mass is 9.87. The number of fused-ring (bicyclic) bond motifs is 1. The second-order valence-corrected chi connectivity index (χ2v) is 11.9. The summed E-state index contributed by atoms with van der Waals surface area (Å²) in [6.45, 7) is -0.0268. The van der Waals surface area contributed by atoms with E-state index < -0.39 is 25.3 Å². The maximum Gasteiger partial charge on any atom is 0.519 e. The number of ether oxygens (including phenoxy) is 1. The Morgan fingerprint density at radius 1 is 1.15 bits per heavy atom. The van der Waals surface area contributed by atoms with Crippen LogP contribution in [0.5, 0.6) is 0 Å². The maximum absolute atomic E-state index is 13.8. The molecular formula is C25H29ClN5O8P. The highest BCUT2D eigenvalue weighted by atomic mass is 35.5. The normalized spacial score (nSPS) is 15.9. The van der Waals surface area contributed by atoms with E-state index in [0.29, 0.717) is 22.0 Å². The van der Waals surface area contributed by atoms with Crippen LogP contribution in [-0.2, 0) is 38.1 Å². The molecule has 0 aliphatic heterocycles. The molecule has 0 radical (unpaired) electrons. The third-order valence-electron chi connectivity index (χ3n) is 6.58. The molecule has 3 N–H and O–H groups in total. The third kappa shape index (κ3) is 6.91. The van der Waals surface area contributed by atoms with E-state index in [0.717, 1.165) is 32.1 Å². The van der Waals surface area contributed by atoms with Crippen molar-refractivity contribution in [3.63, 3.8) is 0 Å². The van der Waals surface area contributed by atoms with Crippen LogP contribution < -0.4 is 17.1 Å². The number of aromatic nitrogens is 4. The average molecular weight is 594 g/mol. The molecule has 0 spiro atoms. The number of nitrogens with two attached hydrogens (primary N) is 1. The van der Waals surface area contributed by atoms with Gasteiger partial charge in [-0.2, -0.15) is 4.98 Å². The van der Waals surface area contributed by atoms with Gasteiger partial charge < -0.3 is 28.4 Å². The molecular weight excluding hydrogens is 565 g/mol. The smallest absolute Gasteiger partial charge is 0.395 e. The minimum Gasteiger partial charge on any atom is -0.395 e. The molecule has 13 nitrogen and oxygen atoms in total. The van der Waals surface area contributed by atoms with Crippen LogP contribution >= 0.6 is 19.2 Å². The molecule has 15 heteroatoms. The highest BCUT2D eigenvalue weighted by molar-refractivity contribution is 7.53. The number of hydrogen-bond donors (Lipinski definition) is 2. The minimum atomic E-state index is -3.87. The van der Waals surface area contributed by atoms with Crippen molar-refractivity contribution in [1.82, 2.24) is 19.5 Å². The summed E-state index contributed by atoms with van der Waals surface area (Å²) in [4.78, 5) is 34.5. The Bertz CT molecular complexity index is 1620. The van der Waals surface area contributed by atoms with E-state index in [1.54, 1.807) is 28.8 Å². The second kappa shape index (κ2) is 12.5. The Hall–Kier alpha value is -3.22. The molecule has 1 unspecified atom stereocenters. The van der Waals surface area contributed by atoms with E-state index in [-0.39, 0.29) is 49.5 Å². The molecule has 1 aliphatic rings. The first kappa shape index (κ1) is 28.3. The maximum atomic E-state index is 13.8.